The van der Waals surface area contributed by atoms with Crippen molar-refractivity contribution >= 4 is 11.9 Å². The van der Waals surface area contributed by atoms with Gasteiger partial charge in [-0.15, -0.1) is 0 Å². The number of nitrogens with zero attached hydrogens (tertiary/aromatic N) is 1. The predicted molar refractivity (Wildman–Crippen MR) is 101 cm³/mol. The molecule has 142 valence electrons. The molecule has 0 unspecified atom stereocenters. The van der Waals surface area contributed by atoms with Crippen molar-refractivity contribution in [3.63, 3.8) is 0 Å². The molecule has 6 heteroatoms. The molecule has 1 saturated heterocycles. The van der Waals surface area contributed by atoms with Gasteiger partial charge in [-0.2, -0.15) is 0 Å². The summed E-state index contributed by atoms with van der Waals surface area (Å²) in [4.78, 5) is 26.2. The number of hydrogen-bond donors (Lipinski definition) is 2. The van der Waals surface area contributed by atoms with Gasteiger partial charge in [-0.1, -0.05) is 48.5 Å². The van der Waals surface area contributed by atoms with Gasteiger partial charge in [-0.25, -0.2) is 4.79 Å². The zero-order chi connectivity index (χ0) is 19.6. The third-order valence-electron chi connectivity index (χ3n) is 4.85. The van der Waals surface area contributed by atoms with Crippen molar-refractivity contribution in [3.8, 4) is 5.75 Å². The van der Waals surface area contributed by atoms with Crippen LogP contribution in [0.4, 0.5) is 4.79 Å². The van der Waals surface area contributed by atoms with Crippen LogP contribution in [-0.4, -0.2) is 41.2 Å². The fraction of sp³-hybridized carbons (Fsp3) is 0.333. The van der Waals surface area contributed by atoms with E-state index in [9.17, 15) is 14.7 Å². The van der Waals surface area contributed by atoms with Crippen molar-refractivity contribution < 1.29 is 19.4 Å². The van der Waals surface area contributed by atoms with Gasteiger partial charge in [0.15, 0.2) is 0 Å². The van der Waals surface area contributed by atoms with Crippen LogP contribution in [0.15, 0.2) is 48.5 Å². The molecule has 3 amide bonds. The summed E-state index contributed by atoms with van der Waals surface area (Å²) >= 11 is 0. The number of nitrogens with one attached hydrogen (secondary N) is 1. The molecule has 0 aliphatic carbocycles. The van der Waals surface area contributed by atoms with Gasteiger partial charge in [-0.3, -0.25) is 9.69 Å². The van der Waals surface area contributed by atoms with E-state index in [1.54, 1.807) is 19.1 Å². The number of ether oxygens (including phenoxy) is 1. The molecule has 3 rings (SSSR count). The fourth-order valence-electron chi connectivity index (χ4n) is 3.30. The van der Waals surface area contributed by atoms with Crippen molar-refractivity contribution in [1.29, 1.82) is 0 Å². The van der Waals surface area contributed by atoms with Crippen LogP contribution in [0.5, 0.6) is 5.75 Å². The molecule has 0 spiro atoms. The predicted octanol–water partition coefficient (Wildman–Crippen LogP) is 2.51. The Labute approximate surface area is 158 Å². The van der Waals surface area contributed by atoms with E-state index in [1.807, 2.05) is 50.2 Å². The Morgan fingerprint density at radius 1 is 1.07 bits per heavy atom. The summed E-state index contributed by atoms with van der Waals surface area (Å²) in [5.74, 6) is 0.327. The van der Waals surface area contributed by atoms with Crippen LogP contribution in [0.2, 0.25) is 0 Å². The lowest BCUT2D eigenvalue weighted by Crippen LogP contribution is -2.42. The van der Waals surface area contributed by atoms with E-state index in [-0.39, 0.29) is 19.1 Å². The first-order chi connectivity index (χ1) is 12.8. The minimum absolute atomic E-state index is 0.00912. The Balaban J connectivity index is 1.67. The molecule has 0 radical (unpaired) electrons. The van der Waals surface area contributed by atoms with Crippen LogP contribution in [0.1, 0.15) is 23.6 Å². The Bertz CT molecular complexity index is 832. The average molecular weight is 368 g/mol. The van der Waals surface area contributed by atoms with E-state index in [1.165, 1.54) is 0 Å². The number of β-amino-alcohol motifs (C(OH)–C–C–N with tert-alkyl or cyclic N) is 1. The fourth-order valence-corrected chi connectivity index (χ4v) is 3.30. The number of aryl methyl sites for hydroxylation is 2. The quantitative estimate of drug-likeness (QED) is 0.768. The molecule has 0 aromatic heterocycles. The molecule has 2 aromatic rings. The maximum absolute atomic E-state index is 12.8. The van der Waals surface area contributed by atoms with Gasteiger partial charge in [-0.05, 0) is 37.5 Å². The van der Waals surface area contributed by atoms with E-state index in [4.69, 9.17) is 4.74 Å². The first-order valence-electron chi connectivity index (χ1n) is 8.89. The molecule has 0 bridgehead atoms. The molecule has 2 aromatic carbocycles. The highest BCUT2D eigenvalue weighted by atomic mass is 16.5. The summed E-state index contributed by atoms with van der Waals surface area (Å²) in [5, 5.41) is 13.1. The maximum Gasteiger partial charge on any atom is 0.325 e. The topological polar surface area (TPSA) is 78.9 Å². The minimum Gasteiger partial charge on any atom is -0.490 e. The van der Waals surface area contributed by atoms with Gasteiger partial charge >= 0.3 is 6.03 Å². The van der Waals surface area contributed by atoms with Crippen molar-refractivity contribution in [2.24, 2.45) is 0 Å². The summed E-state index contributed by atoms with van der Waals surface area (Å²) in [6.07, 6.45) is -0.989. The smallest absolute Gasteiger partial charge is 0.325 e. The first kappa shape index (κ1) is 18.9. The molecule has 2 N–H and O–H groups in total. The average Bonchev–Trinajstić information content (AvgIpc) is 2.86. The van der Waals surface area contributed by atoms with Crippen molar-refractivity contribution in [3.05, 3.63) is 65.2 Å². The Morgan fingerprint density at radius 2 is 1.70 bits per heavy atom. The summed E-state index contributed by atoms with van der Waals surface area (Å²) in [7, 11) is 0. The second kappa shape index (κ2) is 7.40. The summed E-state index contributed by atoms with van der Waals surface area (Å²) < 4.78 is 5.73. The summed E-state index contributed by atoms with van der Waals surface area (Å²) in [5.41, 5.74) is 1.50. The number of carbonyl (C=O) groups is 2. The molecule has 6 nitrogen and oxygen atoms in total. The number of hydrogen-bond acceptors (Lipinski definition) is 4. The van der Waals surface area contributed by atoms with Crippen molar-refractivity contribution in [2.45, 2.75) is 32.4 Å². The van der Waals surface area contributed by atoms with Gasteiger partial charge in [0.2, 0.25) is 0 Å². The van der Waals surface area contributed by atoms with Gasteiger partial charge < -0.3 is 15.2 Å². The Hall–Kier alpha value is -2.86. The Morgan fingerprint density at radius 3 is 2.33 bits per heavy atom. The number of aliphatic hydroxyl groups excluding tert-OH is 1. The molecular weight excluding hydrogens is 344 g/mol. The molecule has 1 aliphatic heterocycles. The monoisotopic (exact) mass is 368 g/mol. The first-order valence-corrected chi connectivity index (χ1v) is 8.89. The summed E-state index contributed by atoms with van der Waals surface area (Å²) in [6, 6.07) is 14.3. The molecular formula is C21H24N2O4. The highest BCUT2D eigenvalue weighted by molar-refractivity contribution is 6.07. The standard InChI is InChI=1S/C21H24N2O4/c1-14-8-7-9-15(2)18(14)27-13-17(24)12-23-19(25)21(3,22-20(23)26)16-10-5-4-6-11-16/h4-11,17,24H,12-13H2,1-3H3,(H,22,26)/t17-,21-/m1/s1. The highest BCUT2D eigenvalue weighted by Crippen LogP contribution is 2.29. The van der Waals surface area contributed by atoms with E-state index < -0.39 is 17.7 Å². The van der Waals surface area contributed by atoms with Crippen LogP contribution in [0, 0.1) is 13.8 Å². The number of rotatable bonds is 6. The summed E-state index contributed by atoms with van der Waals surface area (Å²) in [6.45, 7) is 5.39. The van der Waals surface area contributed by atoms with E-state index in [0.717, 1.165) is 16.0 Å². The van der Waals surface area contributed by atoms with Crippen molar-refractivity contribution in [2.75, 3.05) is 13.2 Å². The third-order valence-corrected chi connectivity index (χ3v) is 4.85. The van der Waals surface area contributed by atoms with Crippen LogP contribution in [0.3, 0.4) is 0 Å². The molecule has 1 heterocycles. The molecule has 2 atom stereocenters. The lowest BCUT2D eigenvalue weighted by Gasteiger charge is -2.23. The zero-order valence-electron chi connectivity index (χ0n) is 15.7. The minimum atomic E-state index is -1.13. The van der Waals surface area contributed by atoms with Gasteiger partial charge in [0.25, 0.3) is 5.91 Å². The number of aliphatic hydroxyl groups is 1. The number of urea groups is 1. The highest BCUT2D eigenvalue weighted by Gasteiger charge is 2.49. The molecule has 1 aliphatic rings. The third kappa shape index (κ3) is 3.66. The van der Waals surface area contributed by atoms with E-state index >= 15 is 0 Å². The number of benzene rings is 2. The number of imide groups is 1. The largest absolute Gasteiger partial charge is 0.490 e. The number of carbonyl (C=O) groups excluding carboxylic acids is 2. The second-order valence-electron chi connectivity index (χ2n) is 7.02. The second-order valence-corrected chi connectivity index (χ2v) is 7.02. The van der Waals surface area contributed by atoms with Gasteiger partial charge in [0, 0.05) is 0 Å². The van der Waals surface area contributed by atoms with Crippen LogP contribution in [-0.2, 0) is 10.3 Å². The van der Waals surface area contributed by atoms with Crippen LogP contribution < -0.4 is 10.1 Å². The zero-order valence-corrected chi connectivity index (χ0v) is 15.7. The van der Waals surface area contributed by atoms with E-state index in [2.05, 4.69) is 5.32 Å². The Kier molecular flexibility index (Phi) is 5.19. The molecule has 27 heavy (non-hydrogen) atoms. The molecule has 0 saturated carbocycles. The maximum atomic E-state index is 12.8. The van der Waals surface area contributed by atoms with Gasteiger partial charge in [0.05, 0.1) is 6.54 Å². The molecule has 1 fully saturated rings. The van der Waals surface area contributed by atoms with Gasteiger partial charge in [0.1, 0.15) is 24.0 Å². The number of amides is 3. The SMILES string of the molecule is Cc1cccc(C)c1OC[C@H](O)CN1C(=O)N[C@](C)(c2ccccc2)C1=O. The number of para-hydroxylation sites is 1. The lowest BCUT2D eigenvalue weighted by atomic mass is 9.92. The van der Waals surface area contributed by atoms with Crippen LogP contribution in [0.25, 0.3) is 0 Å². The van der Waals surface area contributed by atoms with E-state index in [0.29, 0.717) is 11.3 Å². The lowest BCUT2D eigenvalue weighted by molar-refractivity contribution is -0.132. The van der Waals surface area contributed by atoms with Crippen molar-refractivity contribution in [1.82, 2.24) is 10.2 Å². The normalized spacial score (nSPS) is 20.5. The van der Waals surface area contributed by atoms with Crippen LogP contribution >= 0.6 is 0 Å².